The Labute approximate surface area is 71.2 Å². The monoisotopic (exact) mass is 192 g/mol. The third-order valence-electron chi connectivity index (χ3n) is 1.90. The van der Waals surface area contributed by atoms with Gasteiger partial charge in [-0.05, 0) is 12.8 Å². The fourth-order valence-electron chi connectivity index (χ4n) is 1.22. The van der Waals surface area contributed by atoms with Crippen LogP contribution in [0.1, 0.15) is 12.8 Å². The van der Waals surface area contributed by atoms with Gasteiger partial charge in [-0.2, -0.15) is 8.42 Å². The molecule has 0 aromatic carbocycles. The maximum absolute atomic E-state index is 10.7. The minimum atomic E-state index is -4.08. The van der Waals surface area contributed by atoms with Crippen LogP contribution in [0.5, 0.6) is 0 Å². The van der Waals surface area contributed by atoms with Crippen LogP contribution in [-0.4, -0.2) is 24.3 Å². The van der Waals surface area contributed by atoms with Crippen LogP contribution in [0.2, 0.25) is 0 Å². The Morgan fingerprint density at radius 2 is 2.17 bits per heavy atom. The zero-order chi connectivity index (χ0) is 9.35. The molecule has 0 radical (unpaired) electrons. The molecule has 1 aliphatic carbocycles. The van der Waals surface area contributed by atoms with Crippen LogP contribution in [0.15, 0.2) is 11.8 Å². The Morgan fingerprint density at radius 1 is 1.58 bits per heavy atom. The lowest BCUT2D eigenvalue weighted by atomic mass is 10.0. The molecular weight excluding hydrogens is 180 g/mol. The molecule has 1 aliphatic rings. The summed E-state index contributed by atoms with van der Waals surface area (Å²) in [6, 6.07) is -0.232. The van der Waals surface area contributed by atoms with E-state index in [4.69, 9.17) is 16.0 Å². The van der Waals surface area contributed by atoms with Crippen LogP contribution < -0.4 is 11.5 Å². The predicted octanol–water partition coefficient (Wildman–Crippen LogP) is -0.793. The van der Waals surface area contributed by atoms with E-state index in [1.807, 2.05) is 0 Å². The first kappa shape index (κ1) is 9.50. The molecule has 6 heteroatoms. The van der Waals surface area contributed by atoms with Gasteiger partial charge in [-0.3, -0.25) is 4.55 Å². The molecule has 0 amide bonds. The van der Waals surface area contributed by atoms with Crippen molar-refractivity contribution >= 4 is 10.1 Å². The van der Waals surface area contributed by atoms with Crippen molar-refractivity contribution in [3.05, 3.63) is 11.8 Å². The van der Waals surface area contributed by atoms with E-state index >= 15 is 0 Å². The minimum Gasteiger partial charge on any atom is -0.401 e. The highest BCUT2D eigenvalue weighted by Gasteiger charge is 2.30. The van der Waals surface area contributed by atoms with E-state index in [0.717, 1.165) is 0 Å². The standard InChI is InChI=1S/C6H12N2O3S/c7-4-1-2-5(8)6(3-4)12(9,10)11/h2,4,6H,1,3,7-8H2,(H,9,10,11). The zero-order valence-electron chi connectivity index (χ0n) is 6.47. The first-order valence-corrected chi connectivity index (χ1v) is 5.09. The topological polar surface area (TPSA) is 106 Å². The van der Waals surface area contributed by atoms with Crippen molar-refractivity contribution in [3.63, 3.8) is 0 Å². The van der Waals surface area contributed by atoms with Crippen LogP contribution in [0.3, 0.4) is 0 Å². The fourth-order valence-corrected chi connectivity index (χ4v) is 2.15. The van der Waals surface area contributed by atoms with E-state index in [1.54, 1.807) is 6.08 Å². The Bertz CT molecular complexity index is 296. The summed E-state index contributed by atoms with van der Waals surface area (Å²) in [6.07, 6.45) is 2.31. The van der Waals surface area contributed by atoms with Crippen molar-refractivity contribution < 1.29 is 13.0 Å². The van der Waals surface area contributed by atoms with E-state index < -0.39 is 15.4 Å². The Morgan fingerprint density at radius 3 is 2.58 bits per heavy atom. The summed E-state index contributed by atoms with van der Waals surface area (Å²) in [5, 5.41) is -1.01. The number of hydrogen-bond acceptors (Lipinski definition) is 4. The first-order valence-electron chi connectivity index (χ1n) is 3.58. The van der Waals surface area contributed by atoms with Gasteiger partial charge < -0.3 is 11.5 Å². The lowest BCUT2D eigenvalue weighted by Gasteiger charge is -2.22. The molecule has 70 valence electrons. The third-order valence-corrected chi connectivity index (χ3v) is 3.09. The Kier molecular flexibility index (Phi) is 2.41. The maximum atomic E-state index is 10.7. The van der Waals surface area contributed by atoms with Gasteiger partial charge in [-0.1, -0.05) is 6.08 Å². The van der Waals surface area contributed by atoms with Crippen molar-refractivity contribution in [1.82, 2.24) is 0 Å². The highest BCUT2D eigenvalue weighted by molar-refractivity contribution is 7.86. The lowest BCUT2D eigenvalue weighted by molar-refractivity contribution is 0.456. The predicted molar refractivity (Wildman–Crippen MR) is 44.8 cm³/mol. The molecule has 0 aromatic heterocycles. The minimum absolute atomic E-state index is 0.194. The number of hydrogen-bond donors (Lipinski definition) is 3. The molecule has 0 saturated heterocycles. The third kappa shape index (κ3) is 1.96. The molecule has 0 fully saturated rings. The second-order valence-electron chi connectivity index (χ2n) is 2.94. The molecular formula is C6H12N2O3S. The van der Waals surface area contributed by atoms with Gasteiger partial charge in [0, 0.05) is 11.7 Å². The highest BCUT2D eigenvalue weighted by Crippen LogP contribution is 2.19. The van der Waals surface area contributed by atoms with Crippen LogP contribution in [0.25, 0.3) is 0 Å². The number of rotatable bonds is 1. The summed E-state index contributed by atoms with van der Waals surface area (Å²) in [5.41, 5.74) is 11.1. The van der Waals surface area contributed by atoms with Gasteiger partial charge in [-0.25, -0.2) is 0 Å². The smallest absolute Gasteiger partial charge is 0.273 e. The number of nitrogens with two attached hydrogens (primary N) is 2. The van der Waals surface area contributed by atoms with Gasteiger partial charge in [0.2, 0.25) is 0 Å². The van der Waals surface area contributed by atoms with Crippen molar-refractivity contribution in [3.8, 4) is 0 Å². The summed E-state index contributed by atoms with van der Waals surface area (Å²) in [5.74, 6) is 0. The quantitative estimate of drug-likeness (QED) is 0.472. The van der Waals surface area contributed by atoms with E-state index in [0.29, 0.717) is 6.42 Å². The molecule has 0 saturated carbocycles. The molecule has 0 bridgehead atoms. The molecule has 0 spiro atoms. The Hall–Kier alpha value is -0.590. The summed E-state index contributed by atoms with van der Waals surface area (Å²) >= 11 is 0. The molecule has 0 aromatic rings. The van der Waals surface area contributed by atoms with Gasteiger partial charge in [-0.15, -0.1) is 0 Å². The summed E-state index contributed by atoms with van der Waals surface area (Å²) in [7, 11) is -4.08. The van der Waals surface area contributed by atoms with Crippen LogP contribution in [0.4, 0.5) is 0 Å². The van der Waals surface area contributed by atoms with Crippen molar-refractivity contribution in [2.75, 3.05) is 0 Å². The fraction of sp³-hybridized carbons (Fsp3) is 0.667. The highest BCUT2D eigenvalue weighted by atomic mass is 32.2. The van der Waals surface area contributed by atoms with Crippen molar-refractivity contribution in [2.45, 2.75) is 24.1 Å². The van der Waals surface area contributed by atoms with Crippen molar-refractivity contribution in [2.24, 2.45) is 11.5 Å². The van der Waals surface area contributed by atoms with Gasteiger partial charge in [0.1, 0.15) is 5.25 Å². The SMILES string of the molecule is NC1=CCC(N)CC1S(=O)(=O)O. The molecule has 5 N–H and O–H groups in total. The molecule has 12 heavy (non-hydrogen) atoms. The van der Waals surface area contributed by atoms with Crippen molar-refractivity contribution in [1.29, 1.82) is 0 Å². The Balaban J connectivity index is 2.92. The molecule has 2 atom stereocenters. The normalized spacial score (nSPS) is 31.3. The van der Waals surface area contributed by atoms with Gasteiger partial charge in [0.25, 0.3) is 10.1 Å². The second kappa shape index (κ2) is 3.04. The van der Waals surface area contributed by atoms with Gasteiger partial charge in [0.05, 0.1) is 0 Å². The van der Waals surface area contributed by atoms with E-state index in [-0.39, 0.29) is 18.2 Å². The van der Waals surface area contributed by atoms with E-state index in [2.05, 4.69) is 0 Å². The van der Waals surface area contributed by atoms with E-state index in [9.17, 15) is 8.42 Å². The maximum Gasteiger partial charge on any atom is 0.273 e. The lowest BCUT2D eigenvalue weighted by Crippen LogP contribution is -2.37. The largest absolute Gasteiger partial charge is 0.401 e. The van der Waals surface area contributed by atoms with Crippen LogP contribution >= 0.6 is 0 Å². The van der Waals surface area contributed by atoms with Crippen LogP contribution in [-0.2, 0) is 10.1 Å². The summed E-state index contributed by atoms with van der Waals surface area (Å²) in [6.45, 7) is 0. The zero-order valence-corrected chi connectivity index (χ0v) is 7.29. The molecule has 0 heterocycles. The molecule has 0 aliphatic heterocycles. The average molecular weight is 192 g/mol. The van der Waals surface area contributed by atoms with Gasteiger partial charge >= 0.3 is 0 Å². The summed E-state index contributed by atoms with van der Waals surface area (Å²) < 4.78 is 30.2. The first-order chi connectivity index (χ1) is 5.41. The summed E-state index contributed by atoms with van der Waals surface area (Å²) in [4.78, 5) is 0. The molecule has 1 rings (SSSR count). The van der Waals surface area contributed by atoms with Crippen LogP contribution in [0, 0.1) is 0 Å². The van der Waals surface area contributed by atoms with Gasteiger partial charge in [0.15, 0.2) is 0 Å². The van der Waals surface area contributed by atoms with E-state index in [1.165, 1.54) is 0 Å². The molecule has 5 nitrogen and oxygen atoms in total. The second-order valence-corrected chi connectivity index (χ2v) is 4.54. The average Bonchev–Trinajstić information content (AvgIpc) is 1.92. The molecule has 2 unspecified atom stereocenters.